The molecule has 23 heavy (non-hydrogen) atoms. The van der Waals surface area contributed by atoms with Crippen molar-refractivity contribution in [2.45, 2.75) is 12.5 Å². The number of carbonyl (C=O) groups excluding carboxylic acids is 2. The van der Waals surface area contributed by atoms with Crippen LogP contribution in [0.1, 0.15) is 26.3 Å². The average Bonchev–Trinajstić information content (AvgIpc) is 2.61. The zero-order valence-electron chi connectivity index (χ0n) is 13.0. The van der Waals surface area contributed by atoms with Crippen molar-refractivity contribution in [1.29, 1.82) is 0 Å². The number of benzene rings is 2. The fourth-order valence-electron chi connectivity index (χ4n) is 2.27. The summed E-state index contributed by atoms with van der Waals surface area (Å²) in [6.07, 6.45) is 0.540. The molecule has 3 N–H and O–H groups in total. The Balaban J connectivity index is 2.06. The Hall–Kier alpha value is -2.66. The number of nitrogens with one attached hydrogen (secondary N) is 2. The lowest BCUT2D eigenvalue weighted by Crippen LogP contribution is -2.39. The summed E-state index contributed by atoms with van der Waals surface area (Å²) in [5.41, 5.74) is 1.84. The Labute approximate surface area is 135 Å². The van der Waals surface area contributed by atoms with Gasteiger partial charge in [0.05, 0.1) is 12.6 Å². The minimum absolute atomic E-state index is 0.157. The zero-order valence-corrected chi connectivity index (χ0v) is 13.0. The van der Waals surface area contributed by atoms with Crippen molar-refractivity contribution >= 4 is 11.8 Å². The SMILES string of the molecule is CNC(=O)c1cccc(C(=O)N[C@H](CO)Cc2ccccc2)c1. The highest BCUT2D eigenvalue weighted by molar-refractivity contribution is 5.99. The molecule has 2 rings (SSSR count). The normalized spacial score (nSPS) is 11.6. The molecule has 0 fully saturated rings. The van der Waals surface area contributed by atoms with Crippen LogP contribution in [0.15, 0.2) is 54.6 Å². The summed E-state index contributed by atoms with van der Waals surface area (Å²) < 4.78 is 0. The molecule has 0 aliphatic heterocycles. The van der Waals surface area contributed by atoms with Crippen molar-refractivity contribution in [1.82, 2.24) is 10.6 Å². The van der Waals surface area contributed by atoms with Crippen LogP contribution in [0.5, 0.6) is 0 Å². The van der Waals surface area contributed by atoms with E-state index in [9.17, 15) is 14.7 Å². The molecule has 0 spiro atoms. The van der Waals surface area contributed by atoms with Crippen LogP contribution >= 0.6 is 0 Å². The first-order valence-corrected chi connectivity index (χ1v) is 7.42. The molecule has 0 unspecified atom stereocenters. The first-order valence-electron chi connectivity index (χ1n) is 7.42. The van der Waals surface area contributed by atoms with Gasteiger partial charge in [-0.25, -0.2) is 0 Å². The van der Waals surface area contributed by atoms with Crippen molar-refractivity contribution < 1.29 is 14.7 Å². The van der Waals surface area contributed by atoms with Crippen LogP contribution in [0, 0.1) is 0 Å². The molecule has 0 saturated carbocycles. The molecule has 0 heterocycles. The minimum atomic E-state index is -0.381. The molecule has 0 aliphatic rings. The van der Waals surface area contributed by atoms with Crippen LogP contribution in [0.4, 0.5) is 0 Å². The highest BCUT2D eigenvalue weighted by atomic mass is 16.3. The van der Waals surface area contributed by atoms with Gasteiger partial charge in [0.25, 0.3) is 11.8 Å². The van der Waals surface area contributed by atoms with E-state index in [1.54, 1.807) is 18.2 Å². The third-order valence-corrected chi connectivity index (χ3v) is 3.49. The number of aliphatic hydroxyl groups is 1. The molecule has 2 aromatic carbocycles. The fraction of sp³-hybridized carbons (Fsp3) is 0.222. The average molecular weight is 312 g/mol. The van der Waals surface area contributed by atoms with Crippen molar-refractivity contribution in [3.63, 3.8) is 0 Å². The summed E-state index contributed by atoms with van der Waals surface area (Å²) in [7, 11) is 1.54. The third-order valence-electron chi connectivity index (χ3n) is 3.49. The largest absolute Gasteiger partial charge is 0.394 e. The van der Waals surface area contributed by atoms with E-state index >= 15 is 0 Å². The first-order chi connectivity index (χ1) is 11.1. The van der Waals surface area contributed by atoms with Crippen LogP contribution in [0.3, 0.4) is 0 Å². The van der Waals surface area contributed by atoms with Crippen molar-refractivity contribution in [2.75, 3.05) is 13.7 Å². The lowest BCUT2D eigenvalue weighted by molar-refractivity contribution is 0.0916. The molecule has 1 atom stereocenters. The van der Waals surface area contributed by atoms with E-state index in [0.29, 0.717) is 17.5 Å². The van der Waals surface area contributed by atoms with Crippen LogP contribution in [0.25, 0.3) is 0 Å². The quantitative estimate of drug-likeness (QED) is 0.754. The number of carbonyl (C=O) groups is 2. The maximum absolute atomic E-state index is 12.3. The summed E-state index contributed by atoms with van der Waals surface area (Å²) in [6, 6.07) is 15.7. The summed E-state index contributed by atoms with van der Waals surface area (Å²) in [5, 5.41) is 14.8. The van der Waals surface area contributed by atoms with E-state index < -0.39 is 0 Å². The Morgan fingerprint density at radius 1 is 1.00 bits per heavy atom. The standard InChI is InChI=1S/C18H20N2O3/c1-19-17(22)14-8-5-9-15(11-14)18(23)20-16(12-21)10-13-6-3-2-4-7-13/h2-9,11,16,21H,10,12H2,1H3,(H,19,22)(H,20,23)/t16-/m0/s1. The number of aliphatic hydroxyl groups excluding tert-OH is 1. The summed E-state index contributed by atoms with van der Waals surface area (Å²) >= 11 is 0. The van der Waals surface area contributed by atoms with Crippen molar-refractivity contribution in [3.05, 3.63) is 71.3 Å². The molecular weight excluding hydrogens is 292 g/mol. The van der Waals surface area contributed by atoms with E-state index in [2.05, 4.69) is 10.6 Å². The maximum atomic E-state index is 12.3. The van der Waals surface area contributed by atoms with Gasteiger partial charge in [-0.2, -0.15) is 0 Å². The van der Waals surface area contributed by atoms with Crippen LogP contribution < -0.4 is 10.6 Å². The second-order valence-electron chi connectivity index (χ2n) is 5.20. The van der Waals surface area contributed by atoms with E-state index in [1.165, 1.54) is 13.1 Å². The second kappa shape index (κ2) is 8.10. The van der Waals surface area contributed by atoms with Gasteiger partial charge < -0.3 is 15.7 Å². The Kier molecular flexibility index (Phi) is 5.88. The van der Waals surface area contributed by atoms with E-state index in [1.807, 2.05) is 30.3 Å². The van der Waals surface area contributed by atoms with Gasteiger partial charge >= 0.3 is 0 Å². The predicted octanol–water partition coefficient (Wildman–Crippen LogP) is 1.38. The van der Waals surface area contributed by atoms with Gasteiger partial charge in [0.15, 0.2) is 0 Å². The Morgan fingerprint density at radius 2 is 1.65 bits per heavy atom. The minimum Gasteiger partial charge on any atom is -0.394 e. The van der Waals surface area contributed by atoms with Crippen LogP contribution in [-0.4, -0.2) is 36.6 Å². The maximum Gasteiger partial charge on any atom is 0.251 e. The van der Waals surface area contributed by atoms with Gasteiger partial charge in [0, 0.05) is 18.2 Å². The summed E-state index contributed by atoms with van der Waals surface area (Å²) in [6.45, 7) is -0.157. The summed E-state index contributed by atoms with van der Waals surface area (Å²) in [4.78, 5) is 23.9. The van der Waals surface area contributed by atoms with E-state index in [-0.39, 0.29) is 24.5 Å². The first kappa shape index (κ1) is 16.7. The molecule has 120 valence electrons. The van der Waals surface area contributed by atoms with Crippen molar-refractivity contribution in [2.24, 2.45) is 0 Å². The molecule has 0 saturated heterocycles. The van der Waals surface area contributed by atoms with E-state index in [0.717, 1.165) is 5.56 Å². The van der Waals surface area contributed by atoms with Gasteiger partial charge in [0.1, 0.15) is 0 Å². The Morgan fingerprint density at radius 3 is 2.26 bits per heavy atom. The Bertz CT molecular complexity index is 671. The lowest BCUT2D eigenvalue weighted by Gasteiger charge is -2.16. The zero-order chi connectivity index (χ0) is 16.7. The van der Waals surface area contributed by atoms with Crippen LogP contribution in [-0.2, 0) is 6.42 Å². The van der Waals surface area contributed by atoms with Gasteiger partial charge in [-0.05, 0) is 30.2 Å². The molecule has 5 heteroatoms. The highest BCUT2D eigenvalue weighted by Gasteiger charge is 2.15. The van der Waals surface area contributed by atoms with Gasteiger partial charge in [-0.3, -0.25) is 9.59 Å². The number of hydrogen-bond acceptors (Lipinski definition) is 3. The molecular formula is C18H20N2O3. The smallest absolute Gasteiger partial charge is 0.251 e. The van der Waals surface area contributed by atoms with Gasteiger partial charge in [-0.15, -0.1) is 0 Å². The molecule has 0 aromatic heterocycles. The summed E-state index contributed by atoms with van der Waals surface area (Å²) in [5.74, 6) is -0.562. The predicted molar refractivity (Wildman–Crippen MR) is 88.3 cm³/mol. The number of amides is 2. The van der Waals surface area contributed by atoms with Crippen LogP contribution in [0.2, 0.25) is 0 Å². The topological polar surface area (TPSA) is 78.4 Å². The van der Waals surface area contributed by atoms with Gasteiger partial charge in [-0.1, -0.05) is 36.4 Å². The number of rotatable bonds is 6. The number of hydrogen-bond donors (Lipinski definition) is 3. The third kappa shape index (κ3) is 4.66. The van der Waals surface area contributed by atoms with Gasteiger partial charge in [0.2, 0.25) is 0 Å². The molecule has 5 nitrogen and oxygen atoms in total. The fourth-order valence-corrected chi connectivity index (χ4v) is 2.27. The highest BCUT2D eigenvalue weighted by Crippen LogP contribution is 2.07. The molecule has 2 aromatic rings. The lowest BCUT2D eigenvalue weighted by atomic mass is 10.1. The van der Waals surface area contributed by atoms with Crippen molar-refractivity contribution in [3.8, 4) is 0 Å². The molecule has 0 radical (unpaired) electrons. The van der Waals surface area contributed by atoms with E-state index in [4.69, 9.17) is 0 Å². The second-order valence-corrected chi connectivity index (χ2v) is 5.20. The molecule has 2 amide bonds. The molecule has 0 bridgehead atoms. The molecule has 0 aliphatic carbocycles. The monoisotopic (exact) mass is 312 g/mol.